The molecule has 5 heterocycles. The van der Waals surface area contributed by atoms with Crippen LogP contribution in [-0.4, -0.2) is 96.7 Å². The zero-order valence-corrected chi connectivity index (χ0v) is 21.9. The third-order valence-corrected chi connectivity index (χ3v) is 7.23. The van der Waals surface area contributed by atoms with Crippen molar-refractivity contribution in [3.8, 4) is 11.8 Å². The molecule has 0 saturated carbocycles. The number of ether oxygens (including phenoxy) is 2. The first kappa shape index (κ1) is 27.6. The summed E-state index contributed by atoms with van der Waals surface area (Å²) >= 11 is 0. The Morgan fingerprint density at radius 3 is 2.73 bits per heavy atom. The highest BCUT2D eigenvalue weighted by Crippen LogP contribution is 2.32. The van der Waals surface area contributed by atoms with Crippen molar-refractivity contribution in [1.29, 1.82) is 0 Å². The summed E-state index contributed by atoms with van der Waals surface area (Å²) in [4.78, 5) is 50.4. The highest BCUT2D eigenvalue weighted by atomic mass is 16.6. The molecule has 0 bridgehead atoms. The van der Waals surface area contributed by atoms with E-state index in [4.69, 9.17) is 15.2 Å². The lowest BCUT2D eigenvalue weighted by Gasteiger charge is -2.31. The van der Waals surface area contributed by atoms with Gasteiger partial charge in [-0.15, -0.1) is 0 Å². The molecule has 5 rings (SSSR count). The molecule has 15 nitrogen and oxygen atoms in total. The summed E-state index contributed by atoms with van der Waals surface area (Å²) in [7, 11) is 0. The van der Waals surface area contributed by atoms with Crippen molar-refractivity contribution in [1.82, 2.24) is 35.1 Å². The Bertz CT molecular complexity index is 1350. The van der Waals surface area contributed by atoms with E-state index in [9.17, 15) is 24.6 Å². The summed E-state index contributed by atoms with van der Waals surface area (Å²) in [5.74, 6) is 5.88. The highest BCUT2D eigenvalue weighted by Gasteiger charge is 2.47. The number of nitrogens with zero attached hydrogens (tertiary/aromatic N) is 5. The lowest BCUT2D eigenvalue weighted by molar-refractivity contribution is -0.137. The Morgan fingerprint density at radius 2 is 2.02 bits per heavy atom. The molecule has 3 fully saturated rings. The zero-order valence-electron chi connectivity index (χ0n) is 21.9. The lowest BCUT2D eigenvalue weighted by Crippen LogP contribution is -2.42. The molecule has 214 valence electrons. The molecule has 3 aliphatic heterocycles. The Hall–Kier alpha value is -4.00. The minimum atomic E-state index is -1.44. The number of nitrogens with two attached hydrogens (primary N) is 1. The van der Waals surface area contributed by atoms with Crippen LogP contribution in [0.2, 0.25) is 0 Å². The predicted octanol–water partition coefficient (Wildman–Crippen LogP) is -1.01. The van der Waals surface area contributed by atoms with Gasteiger partial charge in [0.2, 0.25) is 11.7 Å². The van der Waals surface area contributed by atoms with Crippen LogP contribution in [0.15, 0.2) is 6.33 Å². The summed E-state index contributed by atoms with van der Waals surface area (Å²) in [6.07, 6.45) is -1.93. The van der Waals surface area contributed by atoms with Gasteiger partial charge in [-0.2, -0.15) is 0 Å². The zero-order chi connectivity index (χ0) is 28.4. The maximum absolute atomic E-state index is 12.4. The number of likely N-dealkylation sites (N-methyl/N-ethyl adjacent to an activating group) is 1. The van der Waals surface area contributed by atoms with E-state index in [1.807, 2.05) is 0 Å². The number of aliphatic hydroxyl groups excluding tert-OH is 2. The smallest absolute Gasteiger partial charge is 0.411 e. The number of nitrogen functional groups attached to an aromatic ring is 1. The second kappa shape index (κ2) is 11.6. The van der Waals surface area contributed by atoms with Crippen LogP contribution in [-0.2, 0) is 19.1 Å². The lowest BCUT2D eigenvalue weighted by atomic mass is 9.94. The van der Waals surface area contributed by atoms with E-state index in [0.29, 0.717) is 38.9 Å². The van der Waals surface area contributed by atoms with E-state index in [-0.39, 0.29) is 34.6 Å². The largest absolute Gasteiger partial charge is 0.425 e. The number of carbonyl (C=O) groups is 3. The molecular weight excluding hydrogens is 524 g/mol. The van der Waals surface area contributed by atoms with Gasteiger partial charge in [-0.25, -0.2) is 19.7 Å². The van der Waals surface area contributed by atoms with Gasteiger partial charge in [0.1, 0.15) is 17.7 Å². The number of likely N-dealkylation sites (tertiary alicyclic amines) is 1. The number of aromatic nitrogens is 4. The van der Waals surface area contributed by atoms with E-state index < -0.39 is 42.8 Å². The summed E-state index contributed by atoms with van der Waals surface area (Å²) in [5, 5.41) is 26.1. The molecule has 3 aliphatic rings. The van der Waals surface area contributed by atoms with Crippen LogP contribution in [0, 0.1) is 17.8 Å². The number of amides is 3. The molecule has 0 aliphatic carbocycles. The second-order valence-corrected chi connectivity index (χ2v) is 9.99. The maximum atomic E-state index is 12.4. The quantitative estimate of drug-likeness (QED) is 0.282. The monoisotopic (exact) mass is 556 g/mol. The molecule has 2 aromatic rings. The third-order valence-electron chi connectivity index (χ3n) is 7.23. The fourth-order valence-corrected chi connectivity index (χ4v) is 5.03. The Balaban J connectivity index is 1.21. The number of anilines is 1. The molecule has 40 heavy (non-hydrogen) atoms. The average molecular weight is 557 g/mol. The minimum absolute atomic E-state index is 0.0895. The van der Waals surface area contributed by atoms with Crippen molar-refractivity contribution < 1.29 is 34.1 Å². The number of carbonyl (C=O) groups excluding carboxylic acids is 3. The van der Waals surface area contributed by atoms with Gasteiger partial charge < -0.3 is 41.0 Å². The summed E-state index contributed by atoms with van der Waals surface area (Å²) in [6.45, 7) is 3.15. The van der Waals surface area contributed by atoms with Crippen LogP contribution in [0.5, 0.6) is 0 Å². The SMILES string of the molecule is CCNC(=O)[C@H]1O[C@@H](n2cnc3c(N)nc(C#CCC4CCN(C(=O)OC5CCC(=O)N5)CC4)nc32)[C@H](O)[C@@H]1O. The van der Waals surface area contributed by atoms with E-state index in [0.717, 1.165) is 12.8 Å². The Morgan fingerprint density at radius 1 is 1.25 bits per heavy atom. The number of rotatable bonds is 5. The molecule has 2 aromatic heterocycles. The van der Waals surface area contributed by atoms with Crippen LogP contribution in [0.1, 0.15) is 51.1 Å². The van der Waals surface area contributed by atoms with Crippen LogP contribution in [0.25, 0.3) is 11.2 Å². The molecule has 15 heteroatoms. The molecule has 3 saturated heterocycles. The number of piperidine rings is 1. The number of fused-ring (bicyclic) bond motifs is 1. The Labute approximate surface area is 229 Å². The molecule has 0 aromatic carbocycles. The molecule has 1 unspecified atom stereocenters. The standard InChI is InChI=1S/C25H32N8O7/c1-2-27-23(37)20-18(35)19(36)24(40-20)33-12-28-17-21(26)29-14(30-22(17)33)5-3-4-13-8-10-32(11-9-13)25(38)39-16-7-6-15(34)31-16/h12-13,16,18-20,24,35-36H,2,4,6-11H2,1H3,(H,27,37)(H,31,34)(H2,26,29,30)/t16?,18-,19+,20-,24+/m0/s1. The van der Waals surface area contributed by atoms with Crippen molar-refractivity contribution >= 4 is 34.9 Å². The Kier molecular flexibility index (Phi) is 8.01. The number of aliphatic hydroxyl groups is 2. The van der Waals surface area contributed by atoms with Gasteiger partial charge >= 0.3 is 6.09 Å². The number of hydrogen-bond donors (Lipinski definition) is 5. The fraction of sp³-hybridized carbons (Fsp3) is 0.600. The normalized spacial score (nSPS) is 26.8. The van der Waals surface area contributed by atoms with Gasteiger partial charge in [0.25, 0.3) is 5.91 Å². The average Bonchev–Trinajstić information content (AvgIpc) is 3.62. The molecule has 6 N–H and O–H groups in total. The van der Waals surface area contributed by atoms with Crippen molar-refractivity contribution in [2.75, 3.05) is 25.4 Å². The summed E-state index contributed by atoms with van der Waals surface area (Å²) in [5.41, 5.74) is 6.60. The van der Waals surface area contributed by atoms with Crippen LogP contribution in [0.4, 0.5) is 10.6 Å². The fourth-order valence-electron chi connectivity index (χ4n) is 5.03. The molecule has 0 radical (unpaired) electrons. The van der Waals surface area contributed by atoms with Gasteiger partial charge in [0.05, 0.1) is 6.33 Å². The van der Waals surface area contributed by atoms with Crippen molar-refractivity contribution in [3.05, 3.63) is 12.2 Å². The second-order valence-electron chi connectivity index (χ2n) is 9.99. The van der Waals surface area contributed by atoms with Crippen LogP contribution in [0.3, 0.4) is 0 Å². The third kappa shape index (κ3) is 5.64. The molecule has 3 amide bonds. The van der Waals surface area contributed by atoms with Crippen LogP contribution < -0.4 is 16.4 Å². The first-order valence-corrected chi connectivity index (χ1v) is 13.3. The van der Waals surface area contributed by atoms with Crippen molar-refractivity contribution in [2.24, 2.45) is 5.92 Å². The molecular formula is C25H32N8O7. The van der Waals surface area contributed by atoms with E-state index in [1.165, 1.54) is 10.9 Å². The molecule has 5 atom stereocenters. The van der Waals surface area contributed by atoms with Gasteiger partial charge in [-0.05, 0) is 31.6 Å². The van der Waals surface area contributed by atoms with Gasteiger partial charge in [0, 0.05) is 38.9 Å². The van der Waals surface area contributed by atoms with E-state index >= 15 is 0 Å². The van der Waals surface area contributed by atoms with E-state index in [1.54, 1.807) is 11.8 Å². The van der Waals surface area contributed by atoms with Gasteiger partial charge in [-0.3, -0.25) is 14.2 Å². The predicted molar refractivity (Wildman–Crippen MR) is 138 cm³/mol. The maximum Gasteiger partial charge on any atom is 0.411 e. The van der Waals surface area contributed by atoms with Crippen molar-refractivity contribution in [2.45, 2.75) is 69.8 Å². The first-order chi connectivity index (χ1) is 19.2. The number of hydrogen-bond acceptors (Lipinski definition) is 11. The minimum Gasteiger partial charge on any atom is -0.425 e. The van der Waals surface area contributed by atoms with Gasteiger partial charge in [-0.1, -0.05) is 5.92 Å². The number of imidazole rings is 1. The summed E-state index contributed by atoms with van der Waals surface area (Å²) < 4.78 is 12.4. The van der Waals surface area contributed by atoms with E-state index in [2.05, 4.69) is 37.4 Å². The summed E-state index contributed by atoms with van der Waals surface area (Å²) in [6, 6.07) is 0. The van der Waals surface area contributed by atoms with Crippen LogP contribution >= 0.6 is 0 Å². The first-order valence-electron chi connectivity index (χ1n) is 13.3. The topological polar surface area (TPSA) is 207 Å². The molecule has 0 spiro atoms. The van der Waals surface area contributed by atoms with Crippen molar-refractivity contribution in [3.63, 3.8) is 0 Å². The number of nitrogens with one attached hydrogen (secondary N) is 2. The highest BCUT2D eigenvalue weighted by molar-refractivity contribution is 5.83. The van der Waals surface area contributed by atoms with Gasteiger partial charge in [0.15, 0.2) is 30.0 Å².